The smallest absolute Gasteiger partial charge is 0.0475 e. The van der Waals surface area contributed by atoms with Crippen LogP contribution in [0.5, 0.6) is 0 Å². The van der Waals surface area contributed by atoms with Crippen LogP contribution in [0.4, 0.5) is 0 Å². The van der Waals surface area contributed by atoms with Crippen molar-refractivity contribution in [3.05, 3.63) is 33.8 Å². The van der Waals surface area contributed by atoms with Gasteiger partial charge in [0.05, 0.1) is 0 Å². The van der Waals surface area contributed by atoms with Crippen LogP contribution >= 0.6 is 11.6 Å². The van der Waals surface area contributed by atoms with Crippen molar-refractivity contribution in [1.82, 2.24) is 0 Å². The number of hydrogen-bond donors (Lipinski definition) is 1. The minimum atomic E-state index is 0.102. The van der Waals surface area contributed by atoms with Gasteiger partial charge in [-0.1, -0.05) is 51.4 Å². The molecular weight excluding hydrogens is 242 g/mol. The lowest BCUT2D eigenvalue weighted by Gasteiger charge is -2.23. The van der Waals surface area contributed by atoms with Crippen molar-refractivity contribution in [1.29, 1.82) is 0 Å². The van der Waals surface area contributed by atoms with Crippen molar-refractivity contribution in [3.8, 4) is 0 Å². The summed E-state index contributed by atoms with van der Waals surface area (Å²) in [7, 11) is 0. The van der Waals surface area contributed by atoms with E-state index in [-0.39, 0.29) is 5.41 Å². The summed E-state index contributed by atoms with van der Waals surface area (Å²) >= 11 is 6.51. The van der Waals surface area contributed by atoms with Gasteiger partial charge in [-0.05, 0) is 54.3 Å². The Morgan fingerprint density at radius 1 is 1.17 bits per heavy atom. The molecule has 0 fully saturated rings. The zero-order valence-corrected chi connectivity index (χ0v) is 12.9. The highest BCUT2D eigenvalue weighted by Gasteiger charge is 2.19. The molecule has 18 heavy (non-hydrogen) atoms. The summed E-state index contributed by atoms with van der Waals surface area (Å²) < 4.78 is 0. The summed E-state index contributed by atoms with van der Waals surface area (Å²) in [5, 5.41) is 0.951. The van der Waals surface area contributed by atoms with Gasteiger partial charge in [0.25, 0.3) is 0 Å². The standard InChI is InChI=1S/C16H26ClN/c1-5-13-10-12(8-6-7-9-18)11-14(15(13)17)16(2,3)4/h10-11H,5-9,18H2,1-4H3. The Balaban J connectivity index is 3.06. The minimum Gasteiger partial charge on any atom is -0.330 e. The van der Waals surface area contributed by atoms with Crippen LogP contribution in [0.2, 0.25) is 5.02 Å². The number of rotatable bonds is 5. The molecule has 0 saturated carbocycles. The highest BCUT2D eigenvalue weighted by Crippen LogP contribution is 2.33. The second kappa shape index (κ2) is 6.58. The van der Waals surface area contributed by atoms with E-state index in [1.165, 1.54) is 16.7 Å². The molecule has 0 heterocycles. The molecule has 1 aromatic carbocycles. The Labute approximate surface area is 117 Å². The Morgan fingerprint density at radius 2 is 1.83 bits per heavy atom. The average molecular weight is 268 g/mol. The Morgan fingerprint density at radius 3 is 2.33 bits per heavy atom. The van der Waals surface area contributed by atoms with Gasteiger partial charge in [0, 0.05) is 5.02 Å². The molecule has 0 aromatic heterocycles. The van der Waals surface area contributed by atoms with Gasteiger partial charge >= 0.3 is 0 Å². The highest BCUT2D eigenvalue weighted by atomic mass is 35.5. The van der Waals surface area contributed by atoms with Crippen LogP contribution in [-0.2, 0) is 18.3 Å². The van der Waals surface area contributed by atoms with Crippen LogP contribution in [0.3, 0.4) is 0 Å². The molecule has 0 spiro atoms. The lowest BCUT2D eigenvalue weighted by molar-refractivity contribution is 0.588. The van der Waals surface area contributed by atoms with Crippen molar-refractivity contribution >= 4 is 11.6 Å². The first-order valence-electron chi connectivity index (χ1n) is 6.92. The van der Waals surface area contributed by atoms with Crippen LogP contribution in [-0.4, -0.2) is 6.54 Å². The monoisotopic (exact) mass is 267 g/mol. The number of hydrogen-bond acceptors (Lipinski definition) is 1. The molecule has 0 saturated heterocycles. The van der Waals surface area contributed by atoms with Gasteiger partial charge in [0.2, 0.25) is 0 Å². The fourth-order valence-corrected chi connectivity index (χ4v) is 2.70. The maximum absolute atomic E-state index is 6.51. The average Bonchev–Trinajstić information content (AvgIpc) is 2.29. The molecule has 0 aliphatic carbocycles. The lowest BCUT2D eigenvalue weighted by atomic mass is 9.84. The van der Waals surface area contributed by atoms with Crippen LogP contribution in [0, 0.1) is 0 Å². The van der Waals surface area contributed by atoms with Gasteiger partial charge in [-0.15, -0.1) is 0 Å². The number of aryl methyl sites for hydroxylation is 2. The van der Waals surface area contributed by atoms with Crippen molar-refractivity contribution in [2.75, 3.05) is 6.54 Å². The molecule has 2 N–H and O–H groups in total. The Kier molecular flexibility index (Phi) is 5.68. The second-order valence-corrected chi connectivity index (χ2v) is 6.34. The van der Waals surface area contributed by atoms with Crippen LogP contribution in [0.15, 0.2) is 12.1 Å². The topological polar surface area (TPSA) is 26.0 Å². The molecule has 0 radical (unpaired) electrons. The molecule has 0 bridgehead atoms. The summed E-state index contributed by atoms with van der Waals surface area (Å²) in [6.07, 6.45) is 4.34. The normalized spacial score (nSPS) is 11.9. The fourth-order valence-electron chi connectivity index (χ4n) is 2.17. The Hall–Kier alpha value is -0.530. The van der Waals surface area contributed by atoms with E-state index in [4.69, 9.17) is 17.3 Å². The van der Waals surface area contributed by atoms with Gasteiger partial charge < -0.3 is 5.73 Å². The van der Waals surface area contributed by atoms with Gasteiger partial charge in [-0.2, -0.15) is 0 Å². The molecule has 0 aliphatic heterocycles. The van der Waals surface area contributed by atoms with Gasteiger partial charge in [-0.3, -0.25) is 0 Å². The maximum Gasteiger partial charge on any atom is 0.0475 e. The van der Waals surface area contributed by atoms with Gasteiger partial charge in [0.1, 0.15) is 0 Å². The molecule has 102 valence electrons. The molecule has 1 rings (SSSR count). The molecule has 1 nitrogen and oxygen atoms in total. The number of nitrogens with two attached hydrogens (primary N) is 1. The fraction of sp³-hybridized carbons (Fsp3) is 0.625. The number of halogens is 1. The molecule has 0 amide bonds. The van der Waals surface area contributed by atoms with Crippen LogP contribution < -0.4 is 5.73 Å². The van der Waals surface area contributed by atoms with E-state index in [0.717, 1.165) is 37.3 Å². The summed E-state index contributed by atoms with van der Waals surface area (Å²) in [6.45, 7) is 9.60. The molecule has 2 heteroatoms. The van der Waals surface area contributed by atoms with Gasteiger partial charge in [-0.25, -0.2) is 0 Å². The lowest BCUT2D eigenvalue weighted by Crippen LogP contribution is -2.13. The third-order valence-corrected chi connectivity index (χ3v) is 3.76. The first-order chi connectivity index (χ1) is 8.40. The number of unbranched alkanes of at least 4 members (excludes halogenated alkanes) is 1. The van der Waals surface area contributed by atoms with Crippen molar-refractivity contribution < 1.29 is 0 Å². The van der Waals surface area contributed by atoms with Crippen molar-refractivity contribution in [2.45, 2.75) is 58.8 Å². The molecule has 0 aliphatic rings. The summed E-state index contributed by atoms with van der Waals surface area (Å²) in [6, 6.07) is 4.53. The Bertz CT molecular complexity index is 391. The molecule has 0 unspecified atom stereocenters. The van der Waals surface area contributed by atoms with Crippen molar-refractivity contribution in [3.63, 3.8) is 0 Å². The quantitative estimate of drug-likeness (QED) is 0.782. The molecular formula is C16H26ClN. The van der Waals surface area contributed by atoms with E-state index in [9.17, 15) is 0 Å². The predicted molar refractivity (Wildman–Crippen MR) is 81.5 cm³/mol. The molecule has 0 atom stereocenters. The maximum atomic E-state index is 6.51. The van der Waals surface area contributed by atoms with E-state index in [1.54, 1.807) is 0 Å². The van der Waals surface area contributed by atoms with Crippen LogP contribution in [0.1, 0.15) is 57.2 Å². The first kappa shape index (κ1) is 15.5. The van der Waals surface area contributed by atoms with E-state index in [2.05, 4.69) is 39.8 Å². The highest BCUT2D eigenvalue weighted by molar-refractivity contribution is 6.32. The zero-order chi connectivity index (χ0) is 13.8. The largest absolute Gasteiger partial charge is 0.330 e. The summed E-state index contributed by atoms with van der Waals surface area (Å²) in [4.78, 5) is 0. The van der Waals surface area contributed by atoms with E-state index in [0.29, 0.717) is 0 Å². The zero-order valence-electron chi connectivity index (χ0n) is 12.1. The van der Waals surface area contributed by atoms with Crippen molar-refractivity contribution in [2.24, 2.45) is 5.73 Å². The minimum absolute atomic E-state index is 0.102. The predicted octanol–water partition coefficient (Wildman–Crippen LogP) is 4.48. The third kappa shape index (κ3) is 4.00. The van der Waals surface area contributed by atoms with E-state index < -0.39 is 0 Å². The summed E-state index contributed by atoms with van der Waals surface area (Å²) in [5.74, 6) is 0. The first-order valence-corrected chi connectivity index (χ1v) is 7.29. The second-order valence-electron chi connectivity index (χ2n) is 5.97. The SMILES string of the molecule is CCc1cc(CCCCN)cc(C(C)(C)C)c1Cl. The van der Waals surface area contributed by atoms with Crippen LogP contribution in [0.25, 0.3) is 0 Å². The summed E-state index contributed by atoms with van der Waals surface area (Å²) in [5.41, 5.74) is 9.59. The number of benzene rings is 1. The molecule has 1 aromatic rings. The third-order valence-electron chi connectivity index (χ3n) is 3.32. The van der Waals surface area contributed by atoms with E-state index >= 15 is 0 Å². The van der Waals surface area contributed by atoms with E-state index in [1.807, 2.05) is 0 Å². The van der Waals surface area contributed by atoms with Gasteiger partial charge in [0.15, 0.2) is 0 Å².